The normalized spacial score (nSPS) is 12.3. The number of nitrogens with two attached hydrogens (primary N) is 1. The lowest BCUT2D eigenvalue weighted by Crippen LogP contribution is -2.18. The molecule has 138 valence electrons. The van der Waals surface area contributed by atoms with Crippen molar-refractivity contribution in [2.24, 2.45) is 5.14 Å². The minimum absolute atomic E-state index is 0.0591. The van der Waals surface area contributed by atoms with Crippen LogP contribution < -0.4 is 9.88 Å². The largest absolute Gasteiger partial charge is 0.573 e. The van der Waals surface area contributed by atoms with E-state index in [0.717, 1.165) is 34.4 Å². The summed E-state index contributed by atoms with van der Waals surface area (Å²) < 4.78 is 66.5. The molecule has 0 unspecified atom stereocenters. The van der Waals surface area contributed by atoms with Crippen molar-refractivity contribution in [2.45, 2.75) is 17.8 Å². The van der Waals surface area contributed by atoms with E-state index in [-0.39, 0.29) is 15.5 Å². The third-order valence-corrected chi connectivity index (χ3v) is 5.16. The Morgan fingerprint density at radius 2 is 2.08 bits per heavy atom. The van der Waals surface area contributed by atoms with Gasteiger partial charge in [-0.15, -0.1) is 24.5 Å². The molecule has 12 heteroatoms. The predicted octanol–water partition coefficient (Wildman–Crippen LogP) is 2.60. The highest BCUT2D eigenvalue weighted by Crippen LogP contribution is 2.35. The van der Waals surface area contributed by atoms with E-state index in [1.807, 2.05) is 0 Å². The number of alkyl halides is 3. The molecule has 0 spiro atoms. The number of halogens is 3. The molecule has 26 heavy (non-hydrogen) atoms. The summed E-state index contributed by atoms with van der Waals surface area (Å²) in [6.07, 6.45) is 1.51. The van der Waals surface area contributed by atoms with Crippen molar-refractivity contribution in [3.63, 3.8) is 0 Å². The van der Waals surface area contributed by atoms with Crippen molar-refractivity contribution in [3.8, 4) is 16.3 Å². The maximum Gasteiger partial charge on any atom is 0.573 e. The summed E-state index contributed by atoms with van der Waals surface area (Å²) in [6, 6.07) is 2.80. The minimum Gasteiger partial charge on any atom is -0.406 e. The van der Waals surface area contributed by atoms with E-state index >= 15 is 0 Å². The number of nitrogens with zero attached hydrogens (tertiary/aromatic N) is 3. The van der Waals surface area contributed by atoms with Crippen molar-refractivity contribution in [3.05, 3.63) is 48.0 Å². The summed E-state index contributed by atoms with van der Waals surface area (Å²) in [4.78, 5) is 8.42. The number of primary sulfonamides is 1. The second kappa shape index (κ2) is 6.70. The predicted molar refractivity (Wildman–Crippen MR) is 86.9 cm³/mol. The molecule has 2 heterocycles. The summed E-state index contributed by atoms with van der Waals surface area (Å²) in [5, 5.41) is 5.37. The Balaban J connectivity index is 2.01. The number of benzene rings is 1. The first-order chi connectivity index (χ1) is 12.1. The molecule has 0 radical (unpaired) electrons. The summed E-state index contributed by atoms with van der Waals surface area (Å²) in [7, 11) is -4.17. The fourth-order valence-corrected chi connectivity index (χ4v) is 3.92. The second-order valence-electron chi connectivity index (χ2n) is 5.12. The first kappa shape index (κ1) is 18.4. The quantitative estimate of drug-likeness (QED) is 0.705. The molecule has 2 aromatic heterocycles. The zero-order valence-electron chi connectivity index (χ0n) is 12.8. The smallest absolute Gasteiger partial charge is 0.406 e. The van der Waals surface area contributed by atoms with E-state index < -0.39 is 22.1 Å². The van der Waals surface area contributed by atoms with E-state index in [1.165, 1.54) is 6.20 Å². The third kappa shape index (κ3) is 4.39. The molecule has 1 aromatic carbocycles. The SMILES string of the molecule is NS(=O)(=O)c1ccc(OC(F)(F)F)cc1-c1ncc(Cn2ccnc2)s1. The summed E-state index contributed by atoms with van der Waals surface area (Å²) in [5.41, 5.74) is -0.0591. The number of thiazole rings is 1. The van der Waals surface area contributed by atoms with Crippen LogP contribution in [0.15, 0.2) is 48.0 Å². The standard InChI is InChI=1S/C14H11F3N4O3S2/c15-14(16,17)24-9-1-2-12(26(18,22)23)11(5-9)13-20-6-10(25-13)7-21-4-3-19-8-21/h1-6,8H,7H2,(H2,18,22,23). The van der Waals surface area contributed by atoms with Gasteiger partial charge in [-0.2, -0.15) is 0 Å². The van der Waals surface area contributed by atoms with Gasteiger partial charge in [0.25, 0.3) is 0 Å². The van der Waals surface area contributed by atoms with Crippen molar-refractivity contribution in [2.75, 3.05) is 0 Å². The number of rotatable bonds is 5. The van der Waals surface area contributed by atoms with Gasteiger partial charge in [-0.1, -0.05) is 0 Å². The highest BCUT2D eigenvalue weighted by Gasteiger charge is 2.32. The van der Waals surface area contributed by atoms with Crippen molar-refractivity contribution >= 4 is 21.4 Å². The van der Waals surface area contributed by atoms with Crippen molar-refractivity contribution in [1.29, 1.82) is 0 Å². The van der Waals surface area contributed by atoms with Crippen LogP contribution in [0.1, 0.15) is 4.88 Å². The summed E-state index contributed by atoms with van der Waals surface area (Å²) in [6.45, 7) is 0.432. The molecular weight excluding hydrogens is 393 g/mol. The monoisotopic (exact) mass is 404 g/mol. The molecule has 7 nitrogen and oxygen atoms in total. The van der Waals surface area contributed by atoms with Gasteiger partial charge in [-0.3, -0.25) is 0 Å². The highest BCUT2D eigenvalue weighted by atomic mass is 32.2. The van der Waals surface area contributed by atoms with Crippen LogP contribution in [-0.4, -0.2) is 29.3 Å². The number of ether oxygens (including phenoxy) is 1. The van der Waals surface area contributed by atoms with E-state index in [0.29, 0.717) is 6.54 Å². The Labute approximate surface area is 149 Å². The van der Waals surface area contributed by atoms with Crippen LogP contribution in [0.3, 0.4) is 0 Å². The lowest BCUT2D eigenvalue weighted by molar-refractivity contribution is -0.274. The van der Waals surface area contributed by atoms with E-state index in [1.54, 1.807) is 23.3 Å². The topological polar surface area (TPSA) is 100 Å². The Hall–Kier alpha value is -2.44. The van der Waals surface area contributed by atoms with Crippen LogP contribution in [-0.2, 0) is 16.6 Å². The molecule has 3 aromatic rings. The molecule has 0 atom stereocenters. The van der Waals surface area contributed by atoms with Crippen LogP contribution in [0, 0.1) is 0 Å². The molecule has 0 saturated carbocycles. The van der Waals surface area contributed by atoms with Crippen molar-refractivity contribution in [1.82, 2.24) is 14.5 Å². The van der Waals surface area contributed by atoms with Crippen LogP contribution in [0.25, 0.3) is 10.6 Å². The van der Waals surface area contributed by atoms with Gasteiger partial charge < -0.3 is 9.30 Å². The van der Waals surface area contributed by atoms with Crippen LogP contribution in [0.2, 0.25) is 0 Å². The second-order valence-corrected chi connectivity index (χ2v) is 7.76. The zero-order chi connectivity index (χ0) is 18.9. The van der Waals surface area contributed by atoms with Gasteiger partial charge in [0.2, 0.25) is 10.0 Å². The van der Waals surface area contributed by atoms with E-state index in [9.17, 15) is 21.6 Å². The maximum absolute atomic E-state index is 12.4. The summed E-state index contributed by atoms with van der Waals surface area (Å²) in [5.74, 6) is -0.564. The van der Waals surface area contributed by atoms with Gasteiger partial charge in [0.05, 0.1) is 17.8 Å². The van der Waals surface area contributed by atoms with Gasteiger partial charge in [-0.05, 0) is 18.2 Å². The zero-order valence-corrected chi connectivity index (χ0v) is 14.5. The maximum atomic E-state index is 12.4. The fraction of sp³-hybridized carbons (Fsp3) is 0.143. The molecule has 3 rings (SSSR count). The Kier molecular flexibility index (Phi) is 4.73. The molecule has 0 amide bonds. The van der Waals surface area contributed by atoms with Gasteiger partial charge in [0.15, 0.2) is 0 Å². The molecule has 0 saturated heterocycles. The van der Waals surface area contributed by atoms with Gasteiger partial charge in [0.1, 0.15) is 10.8 Å². The average Bonchev–Trinajstić information content (AvgIpc) is 3.16. The van der Waals surface area contributed by atoms with E-state index in [4.69, 9.17) is 5.14 Å². The Morgan fingerprint density at radius 1 is 1.31 bits per heavy atom. The summed E-state index contributed by atoms with van der Waals surface area (Å²) >= 11 is 1.12. The third-order valence-electron chi connectivity index (χ3n) is 3.17. The molecule has 0 aliphatic rings. The van der Waals surface area contributed by atoms with E-state index in [2.05, 4.69) is 14.7 Å². The first-order valence-corrected chi connectivity index (χ1v) is 9.31. The first-order valence-electron chi connectivity index (χ1n) is 6.95. The minimum atomic E-state index is -4.91. The number of hydrogen-bond acceptors (Lipinski definition) is 6. The van der Waals surface area contributed by atoms with Gasteiger partial charge in [0, 0.05) is 29.0 Å². The Bertz CT molecular complexity index is 1010. The molecule has 0 fully saturated rings. The molecule has 0 aliphatic heterocycles. The molecular formula is C14H11F3N4O3S2. The molecule has 0 bridgehead atoms. The number of aromatic nitrogens is 3. The fourth-order valence-electron chi connectivity index (χ4n) is 2.19. The van der Waals surface area contributed by atoms with Crippen LogP contribution >= 0.6 is 11.3 Å². The van der Waals surface area contributed by atoms with Crippen molar-refractivity contribution < 1.29 is 26.3 Å². The molecule has 0 aliphatic carbocycles. The highest BCUT2D eigenvalue weighted by molar-refractivity contribution is 7.89. The van der Waals surface area contributed by atoms with Gasteiger partial charge >= 0.3 is 6.36 Å². The number of imidazole rings is 1. The van der Waals surface area contributed by atoms with Crippen LogP contribution in [0.5, 0.6) is 5.75 Å². The van der Waals surface area contributed by atoms with Crippen LogP contribution in [0.4, 0.5) is 13.2 Å². The number of hydrogen-bond donors (Lipinski definition) is 1. The lowest BCUT2D eigenvalue weighted by Gasteiger charge is -2.11. The van der Waals surface area contributed by atoms with Gasteiger partial charge in [-0.25, -0.2) is 23.5 Å². The number of sulfonamides is 1. The molecule has 2 N–H and O–H groups in total. The average molecular weight is 404 g/mol. The Morgan fingerprint density at radius 3 is 2.69 bits per heavy atom. The lowest BCUT2D eigenvalue weighted by atomic mass is 10.2.